The summed E-state index contributed by atoms with van der Waals surface area (Å²) in [7, 11) is 0. The van der Waals surface area contributed by atoms with Gasteiger partial charge in [0.2, 0.25) is 0 Å². The van der Waals surface area contributed by atoms with Crippen LogP contribution in [0.3, 0.4) is 0 Å². The molecule has 12 heavy (non-hydrogen) atoms. The van der Waals surface area contributed by atoms with Crippen LogP contribution in [0, 0.1) is 0 Å². The second-order valence-electron chi connectivity index (χ2n) is 2.47. The minimum Gasteiger partial charge on any atom is -0.477 e. The number of amides is 1. The molecule has 5 nitrogen and oxygen atoms in total. The number of hydrogen-bond acceptors (Lipinski definition) is 2. The van der Waals surface area contributed by atoms with Crippen molar-refractivity contribution in [2.75, 3.05) is 6.54 Å². The van der Waals surface area contributed by atoms with Crippen molar-refractivity contribution < 1.29 is 19.8 Å². The fourth-order valence-electron chi connectivity index (χ4n) is 1.12. The molecule has 5 heteroatoms. The van der Waals surface area contributed by atoms with Crippen LogP contribution in [0.15, 0.2) is 11.8 Å². The molecule has 0 unspecified atom stereocenters. The van der Waals surface area contributed by atoms with Crippen LogP contribution in [0.5, 0.6) is 0 Å². The summed E-state index contributed by atoms with van der Waals surface area (Å²) in [6.45, 7) is 0.271. The highest BCUT2D eigenvalue weighted by Crippen LogP contribution is 2.14. The summed E-state index contributed by atoms with van der Waals surface area (Å²) < 4.78 is 0. The average molecular weight is 171 g/mol. The zero-order chi connectivity index (χ0) is 9.14. The summed E-state index contributed by atoms with van der Waals surface area (Å²) in [5.41, 5.74) is -0.131. The second kappa shape index (κ2) is 3.25. The maximum atomic E-state index is 10.5. The normalized spacial score (nSPS) is 17.0. The molecule has 0 aliphatic carbocycles. The van der Waals surface area contributed by atoms with Crippen LogP contribution in [0.25, 0.3) is 0 Å². The van der Waals surface area contributed by atoms with Gasteiger partial charge in [-0.1, -0.05) is 6.08 Å². The van der Waals surface area contributed by atoms with E-state index < -0.39 is 12.1 Å². The van der Waals surface area contributed by atoms with Crippen molar-refractivity contribution in [2.24, 2.45) is 0 Å². The third kappa shape index (κ3) is 1.55. The molecule has 0 fully saturated rings. The van der Waals surface area contributed by atoms with Crippen molar-refractivity contribution in [2.45, 2.75) is 12.8 Å². The van der Waals surface area contributed by atoms with Crippen LogP contribution in [0.4, 0.5) is 4.79 Å². The highest BCUT2D eigenvalue weighted by molar-refractivity contribution is 5.90. The van der Waals surface area contributed by atoms with E-state index in [4.69, 9.17) is 10.2 Å². The van der Waals surface area contributed by atoms with E-state index in [-0.39, 0.29) is 12.2 Å². The Morgan fingerprint density at radius 1 is 1.42 bits per heavy atom. The standard InChI is InChI=1S/C7H9NO4/c9-6(10)5-3-1-2-4-8(5)7(11)12/h3H,1-2,4H2,(H,9,10)(H,11,12). The topological polar surface area (TPSA) is 77.8 Å². The van der Waals surface area contributed by atoms with Gasteiger partial charge in [0.1, 0.15) is 5.70 Å². The van der Waals surface area contributed by atoms with Gasteiger partial charge < -0.3 is 10.2 Å². The van der Waals surface area contributed by atoms with Gasteiger partial charge in [-0.05, 0) is 12.8 Å². The van der Waals surface area contributed by atoms with Crippen molar-refractivity contribution in [3.63, 3.8) is 0 Å². The van der Waals surface area contributed by atoms with E-state index in [0.29, 0.717) is 12.8 Å². The van der Waals surface area contributed by atoms with Crippen LogP contribution in [-0.4, -0.2) is 33.7 Å². The van der Waals surface area contributed by atoms with Gasteiger partial charge in [0.25, 0.3) is 0 Å². The van der Waals surface area contributed by atoms with Gasteiger partial charge in [-0.2, -0.15) is 0 Å². The lowest BCUT2D eigenvalue weighted by Gasteiger charge is -2.22. The molecule has 0 bridgehead atoms. The van der Waals surface area contributed by atoms with Gasteiger partial charge in [0.15, 0.2) is 0 Å². The van der Waals surface area contributed by atoms with Crippen LogP contribution in [-0.2, 0) is 4.79 Å². The Morgan fingerprint density at radius 3 is 2.50 bits per heavy atom. The summed E-state index contributed by atoms with van der Waals surface area (Å²) >= 11 is 0. The molecule has 0 aromatic rings. The first-order valence-electron chi connectivity index (χ1n) is 3.57. The Balaban J connectivity index is 2.85. The molecular weight excluding hydrogens is 162 g/mol. The minimum atomic E-state index is -1.21. The minimum absolute atomic E-state index is 0.131. The van der Waals surface area contributed by atoms with Gasteiger partial charge in [-0.25, -0.2) is 9.59 Å². The number of rotatable bonds is 1. The van der Waals surface area contributed by atoms with E-state index in [0.717, 1.165) is 4.90 Å². The smallest absolute Gasteiger partial charge is 0.412 e. The molecule has 0 aromatic carbocycles. The van der Waals surface area contributed by atoms with Gasteiger partial charge in [0, 0.05) is 6.54 Å². The van der Waals surface area contributed by atoms with Gasteiger partial charge in [-0.3, -0.25) is 4.90 Å². The lowest BCUT2D eigenvalue weighted by molar-refractivity contribution is -0.134. The van der Waals surface area contributed by atoms with Crippen LogP contribution >= 0.6 is 0 Å². The van der Waals surface area contributed by atoms with E-state index in [9.17, 15) is 9.59 Å². The molecule has 0 saturated carbocycles. The van der Waals surface area contributed by atoms with E-state index in [1.807, 2.05) is 0 Å². The summed E-state index contributed by atoms with van der Waals surface area (Å²) in [6.07, 6.45) is 1.54. The summed E-state index contributed by atoms with van der Waals surface area (Å²) in [5, 5.41) is 17.2. The molecule has 1 rings (SSSR count). The van der Waals surface area contributed by atoms with Crippen molar-refractivity contribution in [1.29, 1.82) is 0 Å². The van der Waals surface area contributed by atoms with Gasteiger partial charge in [0.05, 0.1) is 0 Å². The molecule has 0 saturated heterocycles. The lowest BCUT2D eigenvalue weighted by Crippen LogP contribution is -2.35. The van der Waals surface area contributed by atoms with Crippen molar-refractivity contribution in [3.05, 3.63) is 11.8 Å². The van der Waals surface area contributed by atoms with E-state index in [1.54, 1.807) is 0 Å². The maximum Gasteiger partial charge on any atom is 0.412 e. The first kappa shape index (κ1) is 8.58. The molecule has 0 radical (unpaired) electrons. The monoisotopic (exact) mass is 171 g/mol. The van der Waals surface area contributed by atoms with Gasteiger partial charge >= 0.3 is 12.1 Å². The molecular formula is C7H9NO4. The molecule has 1 heterocycles. The van der Waals surface area contributed by atoms with E-state index in [2.05, 4.69) is 0 Å². The number of carboxylic acid groups (broad SMARTS) is 2. The third-order valence-electron chi connectivity index (χ3n) is 1.66. The summed E-state index contributed by atoms with van der Waals surface area (Å²) in [5.74, 6) is -1.18. The van der Waals surface area contributed by atoms with Crippen molar-refractivity contribution in [3.8, 4) is 0 Å². The van der Waals surface area contributed by atoms with Crippen LogP contribution < -0.4 is 0 Å². The Labute approximate surface area is 68.9 Å². The predicted molar refractivity (Wildman–Crippen MR) is 39.7 cm³/mol. The van der Waals surface area contributed by atoms with Crippen molar-refractivity contribution in [1.82, 2.24) is 4.90 Å². The molecule has 1 amide bonds. The maximum absolute atomic E-state index is 10.5. The highest BCUT2D eigenvalue weighted by Gasteiger charge is 2.24. The fourth-order valence-corrected chi connectivity index (χ4v) is 1.12. The quantitative estimate of drug-likeness (QED) is 0.609. The highest BCUT2D eigenvalue weighted by atomic mass is 16.4. The van der Waals surface area contributed by atoms with Gasteiger partial charge in [-0.15, -0.1) is 0 Å². The lowest BCUT2D eigenvalue weighted by atomic mass is 10.1. The fraction of sp³-hybridized carbons (Fsp3) is 0.429. The zero-order valence-corrected chi connectivity index (χ0v) is 6.36. The Morgan fingerprint density at radius 2 is 2.08 bits per heavy atom. The number of nitrogens with zero attached hydrogens (tertiary/aromatic N) is 1. The van der Waals surface area contributed by atoms with E-state index in [1.165, 1.54) is 6.08 Å². The van der Waals surface area contributed by atoms with E-state index >= 15 is 0 Å². The first-order chi connectivity index (χ1) is 5.63. The molecule has 1 aliphatic rings. The largest absolute Gasteiger partial charge is 0.477 e. The Kier molecular flexibility index (Phi) is 2.32. The third-order valence-corrected chi connectivity index (χ3v) is 1.66. The van der Waals surface area contributed by atoms with Crippen molar-refractivity contribution >= 4 is 12.1 Å². The number of aliphatic carboxylic acids is 1. The zero-order valence-electron chi connectivity index (χ0n) is 6.36. The molecule has 0 atom stereocenters. The predicted octanol–water partition coefficient (Wildman–Crippen LogP) is 0.729. The second-order valence-corrected chi connectivity index (χ2v) is 2.47. The molecule has 0 aromatic heterocycles. The number of carboxylic acids is 1. The number of allylic oxidation sites excluding steroid dienone is 1. The van der Waals surface area contributed by atoms with Crippen LogP contribution in [0.2, 0.25) is 0 Å². The number of carbonyl (C=O) groups is 2. The molecule has 1 aliphatic heterocycles. The molecule has 2 N–H and O–H groups in total. The summed E-state index contributed by atoms with van der Waals surface area (Å²) in [4.78, 5) is 21.8. The van der Waals surface area contributed by atoms with Crippen LogP contribution in [0.1, 0.15) is 12.8 Å². The summed E-state index contributed by atoms with van der Waals surface area (Å²) in [6, 6.07) is 0. The first-order valence-corrected chi connectivity index (χ1v) is 3.57. The molecule has 66 valence electrons. The Bertz CT molecular complexity index is 246. The number of hydrogen-bond donors (Lipinski definition) is 2. The average Bonchev–Trinajstić information content (AvgIpc) is 2.04. The molecule has 0 spiro atoms. The SMILES string of the molecule is O=C(O)C1=CCCCN1C(=O)O. The Hall–Kier alpha value is -1.52.